The normalized spacial score (nSPS) is 15.1. The maximum Gasteiger partial charge on any atom is 0.332 e. The summed E-state index contributed by atoms with van der Waals surface area (Å²) in [5.41, 5.74) is 1.12. The molecule has 1 heterocycles. The van der Waals surface area contributed by atoms with Crippen LogP contribution in [-0.4, -0.2) is 54.5 Å². The summed E-state index contributed by atoms with van der Waals surface area (Å²) in [7, 11) is 1.42. The molecular weight excluding hydrogens is 428 g/mol. The van der Waals surface area contributed by atoms with Crippen LogP contribution >= 0.6 is 12.4 Å². The molecule has 0 aliphatic carbocycles. The lowest BCUT2D eigenvalue weighted by Gasteiger charge is -2.46. The zero-order valence-corrected chi connectivity index (χ0v) is 19.8. The molecule has 2 aromatic rings. The number of amides is 1. The van der Waals surface area contributed by atoms with Crippen LogP contribution in [0.15, 0.2) is 60.7 Å². The maximum absolute atomic E-state index is 13.2. The molecular formula is C25H35ClN2O4. The van der Waals surface area contributed by atoms with Gasteiger partial charge in [0.25, 0.3) is 0 Å². The molecule has 0 bridgehead atoms. The number of anilines is 1. The molecule has 2 N–H and O–H groups in total. The van der Waals surface area contributed by atoms with Gasteiger partial charge in [-0.3, -0.25) is 9.69 Å². The molecule has 0 atom stereocenters. The molecule has 176 valence electrons. The number of carbonyl (C=O) groups excluding carboxylic acids is 2. The molecule has 1 aliphatic heterocycles. The molecule has 7 heteroatoms. The van der Waals surface area contributed by atoms with Crippen molar-refractivity contribution in [2.45, 2.75) is 44.6 Å². The first kappa shape index (κ1) is 27.6. The second kappa shape index (κ2) is 13.2. The zero-order valence-electron chi connectivity index (χ0n) is 19.0. The second-order valence-electron chi connectivity index (χ2n) is 7.92. The van der Waals surface area contributed by atoms with E-state index in [-0.39, 0.29) is 29.8 Å². The quantitative estimate of drug-likeness (QED) is 0.560. The van der Waals surface area contributed by atoms with Crippen LogP contribution in [-0.2, 0) is 20.7 Å². The Morgan fingerprint density at radius 1 is 1.00 bits per heavy atom. The summed E-state index contributed by atoms with van der Waals surface area (Å²) < 4.78 is 5.24. The van der Waals surface area contributed by atoms with Crippen molar-refractivity contribution in [3.63, 3.8) is 0 Å². The third-order valence-electron chi connectivity index (χ3n) is 5.96. The van der Waals surface area contributed by atoms with Crippen LogP contribution in [0.1, 0.15) is 38.2 Å². The number of likely N-dealkylation sites (tertiary alicyclic amines) is 1. The van der Waals surface area contributed by atoms with Crippen molar-refractivity contribution < 1.29 is 19.8 Å². The van der Waals surface area contributed by atoms with Crippen molar-refractivity contribution in [1.29, 1.82) is 0 Å². The summed E-state index contributed by atoms with van der Waals surface area (Å²) in [6.45, 7) is 4.43. The topological polar surface area (TPSA) is 81.3 Å². The van der Waals surface area contributed by atoms with Gasteiger partial charge in [0.1, 0.15) is 5.54 Å². The largest absolute Gasteiger partial charge is 0.467 e. The van der Waals surface area contributed by atoms with E-state index in [2.05, 4.69) is 29.2 Å². The number of halogens is 1. The van der Waals surface area contributed by atoms with Gasteiger partial charge >= 0.3 is 5.97 Å². The minimum absolute atomic E-state index is 0. The minimum Gasteiger partial charge on any atom is -0.467 e. The standard InChI is InChI=1S/C25H32N2O3.ClH.H2O/c1-3-10-23(28)27(22-13-8-5-9-14-22)25(24(29)30-2)16-19-26(20-17-25)18-15-21-11-6-4-7-12-21;;/h4-9,11-14H,3,10,15-20H2,1-2H3;1H;1H2. The Morgan fingerprint density at radius 2 is 1.56 bits per heavy atom. The average molecular weight is 463 g/mol. The van der Waals surface area contributed by atoms with E-state index < -0.39 is 5.54 Å². The van der Waals surface area contributed by atoms with Crippen molar-refractivity contribution >= 4 is 30.0 Å². The lowest BCUT2D eigenvalue weighted by Crippen LogP contribution is -2.62. The van der Waals surface area contributed by atoms with Crippen LogP contribution in [0.2, 0.25) is 0 Å². The van der Waals surface area contributed by atoms with E-state index in [9.17, 15) is 9.59 Å². The third-order valence-corrected chi connectivity index (χ3v) is 5.96. The third kappa shape index (κ3) is 6.31. The van der Waals surface area contributed by atoms with E-state index in [1.807, 2.05) is 43.3 Å². The number of esters is 1. The highest BCUT2D eigenvalue weighted by molar-refractivity contribution is 6.02. The average Bonchev–Trinajstić information content (AvgIpc) is 2.79. The Morgan fingerprint density at radius 3 is 2.09 bits per heavy atom. The maximum atomic E-state index is 13.2. The molecule has 2 aromatic carbocycles. The van der Waals surface area contributed by atoms with Gasteiger partial charge in [0, 0.05) is 31.7 Å². The number of piperidine rings is 1. The smallest absolute Gasteiger partial charge is 0.332 e. The highest BCUT2D eigenvalue weighted by Crippen LogP contribution is 2.35. The van der Waals surface area contributed by atoms with Crippen molar-refractivity contribution in [2.75, 3.05) is 31.6 Å². The van der Waals surface area contributed by atoms with Crippen LogP contribution in [0.25, 0.3) is 0 Å². The van der Waals surface area contributed by atoms with Crippen molar-refractivity contribution in [1.82, 2.24) is 4.90 Å². The van der Waals surface area contributed by atoms with Crippen LogP contribution in [0.4, 0.5) is 5.69 Å². The number of nitrogens with zero attached hydrogens (tertiary/aromatic N) is 2. The Bertz CT molecular complexity index is 824. The molecule has 0 spiro atoms. The van der Waals surface area contributed by atoms with Gasteiger partial charge in [-0.05, 0) is 43.4 Å². The van der Waals surface area contributed by atoms with Gasteiger partial charge in [-0.15, -0.1) is 12.4 Å². The Kier molecular flexibility index (Phi) is 11.4. The van der Waals surface area contributed by atoms with Gasteiger partial charge in [-0.25, -0.2) is 4.79 Å². The first-order chi connectivity index (χ1) is 14.6. The summed E-state index contributed by atoms with van der Waals surface area (Å²) in [5.74, 6) is -0.342. The fourth-order valence-electron chi connectivity index (χ4n) is 4.32. The number of para-hydroxylation sites is 1. The van der Waals surface area contributed by atoms with E-state index >= 15 is 0 Å². The van der Waals surface area contributed by atoms with Gasteiger partial charge in [0.05, 0.1) is 7.11 Å². The molecule has 0 saturated carbocycles. The van der Waals surface area contributed by atoms with Crippen LogP contribution in [0, 0.1) is 0 Å². The lowest BCUT2D eigenvalue weighted by molar-refractivity contribution is -0.151. The van der Waals surface area contributed by atoms with E-state index in [4.69, 9.17) is 4.74 Å². The highest BCUT2D eigenvalue weighted by atomic mass is 35.5. The number of hydrogen-bond donors (Lipinski definition) is 0. The van der Waals surface area contributed by atoms with Gasteiger partial charge in [-0.1, -0.05) is 55.5 Å². The van der Waals surface area contributed by atoms with E-state index in [1.165, 1.54) is 12.7 Å². The first-order valence-corrected chi connectivity index (χ1v) is 10.8. The SMILES string of the molecule is CCCC(=O)N(c1ccccc1)C1(C(=O)OC)CCN(CCc2ccccc2)CC1.Cl.O. The highest BCUT2D eigenvalue weighted by Gasteiger charge is 2.49. The van der Waals surface area contributed by atoms with Gasteiger partial charge in [0.2, 0.25) is 5.91 Å². The number of benzene rings is 2. The fraction of sp³-hybridized carbons (Fsp3) is 0.440. The zero-order chi connectivity index (χ0) is 21.4. The minimum atomic E-state index is -0.953. The Balaban J connectivity index is 0.00000256. The fourth-order valence-corrected chi connectivity index (χ4v) is 4.32. The molecule has 0 radical (unpaired) electrons. The van der Waals surface area contributed by atoms with Gasteiger partial charge in [0.15, 0.2) is 0 Å². The predicted octanol–water partition coefficient (Wildman–Crippen LogP) is 3.67. The van der Waals surface area contributed by atoms with Crippen molar-refractivity contribution in [2.24, 2.45) is 0 Å². The summed E-state index contributed by atoms with van der Waals surface area (Å²) in [5, 5.41) is 0. The Labute approximate surface area is 197 Å². The van der Waals surface area contributed by atoms with Crippen LogP contribution < -0.4 is 4.90 Å². The molecule has 1 amide bonds. The van der Waals surface area contributed by atoms with Gasteiger partial charge < -0.3 is 15.1 Å². The molecule has 1 saturated heterocycles. The molecule has 0 aromatic heterocycles. The van der Waals surface area contributed by atoms with E-state index in [0.717, 1.165) is 38.2 Å². The number of rotatable bonds is 8. The molecule has 1 aliphatic rings. The summed E-state index contributed by atoms with van der Waals surface area (Å²) in [4.78, 5) is 30.3. The van der Waals surface area contributed by atoms with Crippen molar-refractivity contribution in [3.8, 4) is 0 Å². The molecule has 32 heavy (non-hydrogen) atoms. The van der Waals surface area contributed by atoms with E-state index in [1.54, 1.807) is 4.90 Å². The molecule has 3 rings (SSSR count). The number of carbonyl (C=O) groups is 2. The van der Waals surface area contributed by atoms with Crippen LogP contribution in [0.3, 0.4) is 0 Å². The monoisotopic (exact) mass is 462 g/mol. The molecule has 1 fully saturated rings. The Hall–Kier alpha value is -2.41. The number of ether oxygens (including phenoxy) is 1. The summed E-state index contributed by atoms with van der Waals surface area (Å²) >= 11 is 0. The number of methoxy groups -OCH3 is 1. The summed E-state index contributed by atoms with van der Waals surface area (Å²) in [6, 6.07) is 20.0. The molecule has 0 unspecified atom stereocenters. The predicted molar refractivity (Wildman–Crippen MR) is 130 cm³/mol. The molecule has 6 nitrogen and oxygen atoms in total. The number of hydrogen-bond acceptors (Lipinski definition) is 4. The van der Waals surface area contributed by atoms with Gasteiger partial charge in [-0.2, -0.15) is 0 Å². The van der Waals surface area contributed by atoms with E-state index in [0.29, 0.717) is 19.3 Å². The lowest BCUT2D eigenvalue weighted by atomic mass is 9.84. The summed E-state index contributed by atoms with van der Waals surface area (Å²) in [6.07, 6.45) is 3.26. The first-order valence-electron chi connectivity index (χ1n) is 10.8. The van der Waals surface area contributed by atoms with Crippen molar-refractivity contribution in [3.05, 3.63) is 66.2 Å². The van der Waals surface area contributed by atoms with Crippen LogP contribution in [0.5, 0.6) is 0 Å². The second-order valence-corrected chi connectivity index (χ2v) is 7.92.